The number of thiazole rings is 1. The van der Waals surface area contributed by atoms with Crippen LogP contribution in [0.2, 0.25) is 0 Å². The maximum absolute atomic E-state index is 11.9. The van der Waals surface area contributed by atoms with E-state index in [1.807, 2.05) is 0 Å². The smallest absolute Gasteiger partial charge is 0.277 e. The molecule has 0 saturated heterocycles. The molecule has 0 spiro atoms. The van der Waals surface area contributed by atoms with Crippen LogP contribution in [-0.4, -0.2) is 23.0 Å². The molecule has 2 aromatic rings. The van der Waals surface area contributed by atoms with Crippen molar-refractivity contribution in [3.8, 4) is 5.75 Å². The lowest BCUT2D eigenvalue weighted by atomic mass is 10.2. The maximum Gasteiger partial charge on any atom is 0.277 e. The predicted octanol–water partition coefficient (Wildman–Crippen LogP) is 2.13. The topological polar surface area (TPSA) is 53.4 Å². The fraction of sp³-hybridized carbons (Fsp3) is 0.0909. The highest BCUT2D eigenvalue weighted by Gasteiger charge is 2.14. The van der Waals surface area contributed by atoms with Gasteiger partial charge in [-0.15, -0.1) is 11.3 Å². The first-order valence-electron chi connectivity index (χ1n) is 4.64. The third kappa shape index (κ3) is 2.04. The van der Waals surface area contributed by atoms with Gasteiger partial charge >= 0.3 is 0 Å². The summed E-state index contributed by atoms with van der Waals surface area (Å²) >= 11 is 1.38. The van der Waals surface area contributed by atoms with Crippen LogP contribution in [0.3, 0.4) is 0 Å². The van der Waals surface area contributed by atoms with E-state index in [-0.39, 0.29) is 11.7 Å². The summed E-state index contributed by atoms with van der Waals surface area (Å²) in [4.78, 5) is 17.4. The molecular formula is C11H10N2O2S. The van der Waals surface area contributed by atoms with E-state index in [1.165, 1.54) is 16.2 Å². The van der Waals surface area contributed by atoms with E-state index >= 15 is 0 Å². The van der Waals surface area contributed by atoms with Crippen molar-refractivity contribution in [1.29, 1.82) is 0 Å². The zero-order valence-corrected chi connectivity index (χ0v) is 9.44. The standard InChI is InChI=1S/C11H10N2O2S/c1-13(8-2-4-9(14)5-3-8)11(15)10-6-16-7-12-10/h2-7,14H,1H3. The Labute approximate surface area is 96.8 Å². The molecule has 1 N–H and O–H groups in total. The van der Waals surface area contributed by atoms with Crippen molar-refractivity contribution in [3.05, 3.63) is 40.8 Å². The predicted molar refractivity (Wildman–Crippen MR) is 63.0 cm³/mol. The maximum atomic E-state index is 11.9. The molecule has 0 unspecified atom stereocenters. The lowest BCUT2D eigenvalue weighted by Crippen LogP contribution is -2.26. The normalized spacial score (nSPS) is 10.1. The number of amides is 1. The van der Waals surface area contributed by atoms with Gasteiger partial charge in [0.25, 0.3) is 5.91 Å². The third-order valence-corrected chi connectivity index (χ3v) is 2.78. The van der Waals surface area contributed by atoms with Gasteiger partial charge in [-0.2, -0.15) is 0 Å². The first-order valence-corrected chi connectivity index (χ1v) is 5.58. The van der Waals surface area contributed by atoms with Gasteiger partial charge < -0.3 is 10.0 Å². The molecule has 0 radical (unpaired) electrons. The number of phenolic OH excluding ortho intramolecular Hbond substituents is 1. The molecule has 1 aromatic heterocycles. The molecule has 0 aliphatic carbocycles. The molecule has 4 nitrogen and oxygen atoms in total. The Kier molecular flexibility index (Phi) is 2.87. The molecule has 1 aromatic carbocycles. The zero-order chi connectivity index (χ0) is 11.5. The van der Waals surface area contributed by atoms with Gasteiger partial charge in [-0.3, -0.25) is 4.79 Å². The molecule has 1 heterocycles. The second-order valence-corrected chi connectivity index (χ2v) is 3.97. The van der Waals surface area contributed by atoms with E-state index in [0.29, 0.717) is 5.69 Å². The van der Waals surface area contributed by atoms with Crippen molar-refractivity contribution in [2.24, 2.45) is 0 Å². The van der Waals surface area contributed by atoms with Crippen molar-refractivity contribution in [2.45, 2.75) is 0 Å². The second-order valence-electron chi connectivity index (χ2n) is 3.25. The Balaban J connectivity index is 2.22. The minimum absolute atomic E-state index is 0.160. The Morgan fingerprint density at radius 3 is 2.62 bits per heavy atom. The summed E-state index contributed by atoms with van der Waals surface area (Å²) in [6, 6.07) is 6.44. The zero-order valence-electron chi connectivity index (χ0n) is 8.62. The second kappa shape index (κ2) is 4.32. The van der Waals surface area contributed by atoms with Gasteiger partial charge in [0.2, 0.25) is 0 Å². The fourth-order valence-corrected chi connectivity index (χ4v) is 1.81. The van der Waals surface area contributed by atoms with Gasteiger partial charge in [-0.25, -0.2) is 4.98 Å². The lowest BCUT2D eigenvalue weighted by Gasteiger charge is -2.15. The Morgan fingerprint density at radius 1 is 1.38 bits per heavy atom. The van der Waals surface area contributed by atoms with E-state index in [2.05, 4.69) is 4.98 Å². The molecular weight excluding hydrogens is 224 g/mol. The van der Waals surface area contributed by atoms with Crippen LogP contribution < -0.4 is 4.90 Å². The van der Waals surface area contributed by atoms with Crippen molar-refractivity contribution in [1.82, 2.24) is 4.98 Å². The van der Waals surface area contributed by atoms with E-state index < -0.39 is 0 Å². The van der Waals surface area contributed by atoms with E-state index in [0.717, 1.165) is 5.69 Å². The van der Waals surface area contributed by atoms with Gasteiger partial charge in [-0.05, 0) is 24.3 Å². The quantitative estimate of drug-likeness (QED) is 0.866. The lowest BCUT2D eigenvalue weighted by molar-refractivity contribution is 0.0989. The molecule has 0 atom stereocenters. The van der Waals surface area contributed by atoms with Crippen LogP contribution in [0.25, 0.3) is 0 Å². The van der Waals surface area contributed by atoms with Crippen molar-refractivity contribution in [2.75, 3.05) is 11.9 Å². The molecule has 16 heavy (non-hydrogen) atoms. The number of carbonyl (C=O) groups excluding carboxylic acids is 1. The number of carbonyl (C=O) groups is 1. The van der Waals surface area contributed by atoms with Crippen LogP contribution in [0, 0.1) is 0 Å². The minimum atomic E-state index is -0.160. The van der Waals surface area contributed by atoms with Crippen molar-refractivity contribution < 1.29 is 9.90 Å². The third-order valence-electron chi connectivity index (χ3n) is 2.19. The highest BCUT2D eigenvalue weighted by atomic mass is 32.1. The van der Waals surface area contributed by atoms with Crippen LogP contribution in [0.1, 0.15) is 10.5 Å². The van der Waals surface area contributed by atoms with Crippen molar-refractivity contribution in [3.63, 3.8) is 0 Å². The summed E-state index contributed by atoms with van der Waals surface area (Å²) in [7, 11) is 1.67. The number of nitrogens with zero attached hydrogens (tertiary/aromatic N) is 2. The largest absolute Gasteiger partial charge is 0.508 e. The summed E-state index contributed by atoms with van der Waals surface area (Å²) in [5, 5.41) is 10.9. The molecule has 0 fully saturated rings. The monoisotopic (exact) mass is 234 g/mol. The summed E-state index contributed by atoms with van der Waals surface area (Å²) in [5.74, 6) is 0.0187. The average molecular weight is 234 g/mol. The van der Waals surface area contributed by atoms with Gasteiger partial charge in [0.05, 0.1) is 5.51 Å². The van der Waals surface area contributed by atoms with Gasteiger partial charge in [0, 0.05) is 18.1 Å². The molecule has 2 rings (SSSR count). The molecule has 0 aliphatic rings. The van der Waals surface area contributed by atoms with E-state index in [4.69, 9.17) is 5.11 Å². The highest BCUT2D eigenvalue weighted by molar-refractivity contribution is 7.07. The van der Waals surface area contributed by atoms with Gasteiger partial charge in [0.1, 0.15) is 11.4 Å². The van der Waals surface area contributed by atoms with Crippen LogP contribution >= 0.6 is 11.3 Å². The molecule has 0 saturated carbocycles. The van der Waals surface area contributed by atoms with E-state index in [1.54, 1.807) is 42.2 Å². The highest BCUT2D eigenvalue weighted by Crippen LogP contribution is 2.18. The van der Waals surface area contributed by atoms with Crippen LogP contribution in [0.15, 0.2) is 35.2 Å². The molecule has 0 bridgehead atoms. The molecule has 82 valence electrons. The number of aromatic hydroxyl groups is 1. The number of benzene rings is 1. The Hall–Kier alpha value is -1.88. The number of aromatic nitrogens is 1. The first kappa shape index (κ1) is 10.6. The number of anilines is 1. The number of rotatable bonds is 2. The summed E-state index contributed by atoms with van der Waals surface area (Å²) in [6.45, 7) is 0. The minimum Gasteiger partial charge on any atom is -0.508 e. The first-order chi connectivity index (χ1) is 7.68. The van der Waals surface area contributed by atoms with Crippen LogP contribution in [0.5, 0.6) is 5.75 Å². The van der Waals surface area contributed by atoms with E-state index in [9.17, 15) is 4.79 Å². The van der Waals surface area contributed by atoms with Gasteiger partial charge in [0.15, 0.2) is 0 Å². The van der Waals surface area contributed by atoms with Crippen LogP contribution in [0.4, 0.5) is 5.69 Å². The number of hydrogen-bond donors (Lipinski definition) is 1. The number of phenols is 1. The van der Waals surface area contributed by atoms with Gasteiger partial charge in [-0.1, -0.05) is 0 Å². The average Bonchev–Trinajstić information content (AvgIpc) is 2.81. The Bertz CT molecular complexity index is 479. The number of hydrogen-bond acceptors (Lipinski definition) is 4. The summed E-state index contributed by atoms with van der Waals surface area (Å²) in [5.41, 5.74) is 2.77. The Morgan fingerprint density at radius 2 is 2.06 bits per heavy atom. The van der Waals surface area contributed by atoms with Crippen molar-refractivity contribution >= 4 is 22.9 Å². The molecule has 5 heteroatoms. The fourth-order valence-electron chi connectivity index (χ4n) is 1.28. The van der Waals surface area contributed by atoms with Crippen LogP contribution in [-0.2, 0) is 0 Å². The molecule has 0 aliphatic heterocycles. The summed E-state index contributed by atoms with van der Waals surface area (Å²) < 4.78 is 0. The SMILES string of the molecule is CN(C(=O)c1cscn1)c1ccc(O)cc1. The molecule has 1 amide bonds. The summed E-state index contributed by atoms with van der Waals surface area (Å²) in [6.07, 6.45) is 0.